The lowest BCUT2D eigenvalue weighted by atomic mass is 10.4. The summed E-state index contributed by atoms with van der Waals surface area (Å²) < 4.78 is 7.01. The molecule has 1 aliphatic heterocycles. The molecule has 2 aromatic heterocycles. The Kier molecular flexibility index (Phi) is 3.47. The molecule has 102 valence electrons. The van der Waals surface area contributed by atoms with Crippen LogP contribution in [0.2, 0.25) is 0 Å². The van der Waals surface area contributed by atoms with Crippen molar-refractivity contribution in [2.75, 3.05) is 50.4 Å². The fourth-order valence-electron chi connectivity index (χ4n) is 2.19. The average Bonchev–Trinajstić information content (AvgIpc) is 2.79. The van der Waals surface area contributed by atoms with Crippen LogP contribution in [0.1, 0.15) is 0 Å². The second kappa shape index (κ2) is 5.41. The van der Waals surface area contributed by atoms with E-state index in [0.717, 1.165) is 50.7 Å². The molecule has 19 heavy (non-hydrogen) atoms. The number of ether oxygens (including phenoxy) is 1. The number of rotatable bonds is 4. The maximum absolute atomic E-state index is 5.56. The predicted molar refractivity (Wildman–Crippen MR) is 73.1 cm³/mol. The van der Waals surface area contributed by atoms with E-state index in [0.29, 0.717) is 5.95 Å². The van der Waals surface area contributed by atoms with E-state index in [1.807, 2.05) is 18.3 Å². The largest absolute Gasteiger partial charge is 0.383 e. The lowest BCUT2D eigenvalue weighted by molar-refractivity contribution is 0.0398. The van der Waals surface area contributed by atoms with Gasteiger partial charge in [0.25, 0.3) is 0 Å². The van der Waals surface area contributed by atoms with Crippen LogP contribution >= 0.6 is 0 Å². The standard InChI is InChI=1S/C12H18N6O/c13-12-15-11-2-1-10(9-18(11)16-12)14-3-4-17-5-7-19-8-6-17/h1-2,9,14H,3-8H2,(H2,13,16). The van der Waals surface area contributed by atoms with Crippen molar-refractivity contribution in [3.63, 3.8) is 0 Å². The molecule has 0 unspecified atom stereocenters. The molecule has 7 nitrogen and oxygen atoms in total. The number of nitrogens with zero attached hydrogens (tertiary/aromatic N) is 4. The Hall–Kier alpha value is -1.86. The Balaban J connectivity index is 1.55. The minimum Gasteiger partial charge on any atom is -0.383 e. The Morgan fingerprint density at radius 1 is 1.32 bits per heavy atom. The molecule has 7 heteroatoms. The second-order valence-corrected chi connectivity index (χ2v) is 4.57. The van der Waals surface area contributed by atoms with E-state index < -0.39 is 0 Å². The first-order chi connectivity index (χ1) is 9.31. The molecule has 3 rings (SSSR count). The van der Waals surface area contributed by atoms with Crippen LogP contribution in [-0.2, 0) is 4.74 Å². The summed E-state index contributed by atoms with van der Waals surface area (Å²) >= 11 is 0. The van der Waals surface area contributed by atoms with Gasteiger partial charge in [0.15, 0.2) is 5.65 Å². The summed E-state index contributed by atoms with van der Waals surface area (Å²) in [5.41, 5.74) is 7.34. The van der Waals surface area contributed by atoms with Crippen LogP contribution in [0.5, 0.6) is 0 Å². The molecule has 0 aromatic carbocycles. The topological polar surface area (TPSA) is 80.7 Å². The molecule has 3 N–H and O–H groups in total. The molecule has 0 radical (unpaired) electrons. The zero-order valence-electron chi connectivity index (χ0n) is 10.7. The summed E-state index contributed by atoms with van der Waals surface area (Å²) in [5, 5.41) is 7.47. The molecular weight excluding hydrogens is 244 g/mol. The average molecular weight is 262 g/mol. The molecule has 3 heterocycles. The number of pyridine rings is 1. The number of fused-ring (bicyclic) bond motifs is 1. The van der Waals surface area contributed by atoms with Gasteiger partial charge in [-0.3, -0.25) is 4.90 Å². The van der Waals surface area contributed by atoms with Gasteiger partial charge >= 0.3 is 0 Å². The number of anilines is 2. The van der Waals surface area contributed by atoms with E-state index in [4.69, 9.17) is 10.5 Å². The molecule has 1 fully saturated rings. The van der Waals surface area contributed by atoms with Crippen LogP contribution in [0.4, 0.5) is 11.6 Å². The summed E-state index contributed by atoms with van der Waals surface area (Å²) in [5.74, 6) is 0.297. The third kappa shape index (κ3) is 2.94. The van der Waals surface area contributed by atoms with Gasteiger partial charge in [0, 0.05) is 26.2 Å². The van der Waals surface area contributed by atoms with Crippen molar-refractivity contribution < 1.29 is 4.74 Å². The van der Waals surface area contributed by atoms with E-state index in [2.05, 4.69) is 20.3 Å². The van der Waals surface area contributed by atoms with Crippen LogP contribution in [0, 0.1) is 0 Å². The quantitative estimate of drug-likeness (QED) is 0.810. The Bertz CT molecular complexity index is 548. The Morgan fingerprint density at radius 2 is 2.16 bits per heavy atom. The summed E-state index contributed by atoms with van der Waals surface area (Å²) in [6, 6.07) is 3.89. The number of aromatic nitrogens is 3. The van der Waals surface area contributed by atoms with E-state index in [-0.39, 0.29) is 0 Å². The first-order valence-corrected chi connectivity index (χ1v) is 6.47. The molecular formula is C12H18N6O. The Labute approximate surface area is 111 Å². The van der Waals surface area contributed by atoms with Crippen molar-refractivity contribution >= 4 is 17.3 Å². The van der Waals surface area contributed by atoms with Crippen molar-refractivity contribution in [3.8, 4) is 0 Å². The highest BCUT2D eigenvalue weighted by Crippen LogP contribution is 2.10. The number of hydrogen-bond acceptors (Lipinski definition) is 6. The summed E-state index contributed by atoms with van der Waals surface area (Å²) in [4.78, 5) is 6.48. The van der Waals surface area contributed by atoms with Gasteiger partial charge in [-0.05, 0) is 12.1 Å². The van der Waals surface area contributed by atoms with Crippen LogP contribution in [0.15, 0.2) is 18.3 Å². The molecule has 0 amide bonds. The van der Waals surface area contributed by atoms with Crippen molar-refractivity contribution in [3.05, 3.63) is 18.3 Å². The molecule has 0 aliphatic carbocycles. The smallest absolute Gasteiger partial charge is 0.240 e. The molecule has 0 bridgehead atoms. The van der Waals surface area contributed by atoms with Gasteiger partial charge in [0.05, 0.1) is 25.1 Å². The first kappa shape index (κ1) is 12.2. The molecule has 1 aliphatic rings. The highest BCUT2D eigenvalue weighted by Gasteiger charge is 2.09. The van der Waals surface area contributed by atoms with E-state index in [1.54, 1.807) is 4.52 Å². The Morgan fingerprint density at radius 3 is 3.00 bits per heavy atom. The second-order valence-electron chi connectivity index (χ2n) is 4.57. The monoisotopic (exact) mass is 262 g/mol. The zero-order valence-corrected chi connectivity index (χ0v) is 10.7. The number of nitrogens with two attached hydrogens (primary N) is 1. The third-order valence-electron chi connectivity index (χ3n) is 3.21. The maximum Gasteiger partial charge on any atom is 0.240 e. The number of nitrogen functional groups attached to an aromatic ring is 1. The van der Waals surface area contributed by atoms with Crippen molar-refractivity contribution in [1.29, 1.82) is 0 Å². The van der Waals surface area contributed by atoms with E-state index >= 15 is 0 Å². The fraction of sp³-hybridized carbons (Fsp3) is 0.500. The number of nitrogens with one attached hydrogen (secondary N) is 1. The number of morpholine rings is 1. The van der Waals surface area contributed by atoms with E-state index in [1.165, 1.54) is 0 Å². The van der Waals surface area contributed by atoms with Crippen LogP contribution in [-0.4, -0.2) is 58.9 Å². The zero-order chi connectivity index (χ0) is 13.1. The molecule has 2 aromatic rings. The summed E-state index contributed by atoms with van der Waals surface area (Å²) in [6.45, 7) is 5.62. The van der Waals surface area contributed by atoms with Gasteiger partial charge in [-0.2, -0.15) is 4.98 Å². The van der Waals surface area contributed by atoms with Gasteiger partial charge in [-0.25, -0.2) is 4.52 Å². The van der Waals surface area contributed by atoms with Crippen molar-refractivity contribution in [2.24, 2.45) is 0 Å². The SMILES string of the molecule is Nc1nc2ccc(NCCN3CCOCC3)cn2n1. The highest BCUT2D eigenvalue weighted by atomic mass is 16.5. The van der Waals surface area contributed by atoms with Crippen LogP contribution in [0.3, 0.4) is 0 Å². The minimum absolute atomic E-state index is 0.297. The van der Waals surface area contributed by atoms with Gasteiger partial charge in [-0.15, -0.1) is 5.10 Å². The lowest BCUT2D eigenvalue weighted by Crippen LogP contribution is -2.39. The normalized spacial score (nSPS) is 16.8. The van der Waals surface area contributed by atoms with Crippen molar-refractivity contribution in [2.45, 2.75) is 0 Å². The van der Waals surface area contributed by atoms with Crippen LogP contribution < -0.4 is 11.1 Å². The molecule has 0 atom stereocenters. The minimum atomic E-state index is 0.297. The van der Waals surface area contributed by atoms with Crippen LogP contribution in [0.25, 0.3) is 5.65 Å². The van der Waals surface area contributed by atoms with Gasteiger partial charge < -0.3 is 15.8 Å². The summed E-state index contributed by atoms with van der Waals surface area (Å²) in [6.07, 6.45) is 1.90. The summed E-state index contributed by atoms with van der Waals surface area (Å²) in [7, 11) is 0. The van der Waals surface area contributed by atoms with Gasteiger partial charge in [-0.1, -0.05) is 0 Å². The lowest BCUT2D eigenvalue weighted by Gasteiger charge is -2.26. The molecule has 0 spiro atoms. The van der Waals surface area contributed by atoms with Crippen molar-refractivity contribution in [1.82, 2.24) is 19.5 Å². The highest BCUT2D eigenvalue weighted by molar-refractivity contribution is 5.50. The first-order valence-electron chi connectivity index (χ1n) is 6.47. The fourth-order valence-corrected chi connectivity index (χ4v) is 2.19. The molecule has 1 saturated heterocycles. The van der Waals surface area contributed by atoms with E-state index in [9.17, 15) is 0 Å². The van der Waals surface area contributed by atoms with Gasteiger partial charge in [0.1, 0.15) is 0 Å². The van der Waals surface area contributed by atoms with Gasteiger partial charge in [0.2, 0.25) is 5.95 Å². The predicted octanol–water partition coefficient (Wildman–Crippen LogP) is 0.0556. The molecule has 0 saturated carbocycles. The maximum atomic E-state index is 5.56. The number of hydrogen-bond donors (Lipinski definition) is 2. The third-order valence-corrected chi connectivity index (χ3v) is 3.21.